The standard InChI is InChI=1S/C8H7NOSe/c1-10-7-2-4-8(5-3-7)11-6-9/h2-5H,1H3. The van der Waals surface area contributed by atoms with Gasteiger partial charge in [-0.05, 0) is 0 Å². The normalized spacial score (nSPS) is 8.73. The number of hydrogen-bond donors (Lipinski definition) is 0. The zero-order chi connectivity index (χ0) is 8.10. The van der Waals surface area contributed by atoms with Crippen LogP contribution in [0.1, 0.15) is 0 Å². The zero-order valence-corrected chi connectivity index (χ0v) is 7.79. The molecule has 0 heterocycles. The molecule has 1 aromatic carbocycles. The molecule has 0 spiro atoms. The van der Waals surface area contributed by atoms with Crippen molar-refractivity contribution in [2.24, 2.45) is 0 Å². The Bertz CT molecular complexity index is 262. The van der Waals surface area contributed by atoms with Gasteiger partial charge in [0.25, 0.3) is 0 Å². The second-order valence-corrected chi connectivity index (χ2v) is 3.67. The van der Waals surface area contributed by atoms with E-state index in [-0.39, 0.29) is 15.0 Å². The van der Waals surface area contributed by atoms with Crippen molar-refractivity contribution >= 4 is 19.4 Å². The summed E-state index contributed by atoms with van der Waals surface area (Å²) in [7, 11) is 1.63. The fourth-order valence-electron chi connectivity index (χ4n) is 0.696. The van der Waals surface area contributed by atoms with Crippen LogP contribution in [-0.2, 0) is 0 Å². The number of nitriles is 1. The molecule has 2 nitrogen and oxygen atoms in total. The number of hydrogen-bond acceptors (Lipinski definition) is 2. The van der Waals surface area contributed by atoms with Gasteiger partial charge in [-0.25, -0.2) is 0 Å². The number of nitrogens with zero attached hydrogens (tertiary/aromatic N) is 1. The van der Waals surface area contributed by atoms with Crippen molar-refractivity contribution in [3.63, 3.8) is 0 Å². The van der Waals surface area contributed by atoms with E-state index in [0.717, 1.165) is 10.2 Å². The van der Waals surface area contributed by atoms with Gasteiger partial charge < -0.3 is 0 Å². The summed E-state index contributed by atoms with van der Waals surface area (Å²) in [5.74, 6) is 0.836. The molecule has 0 aliphatic carbocycles. The second-order valence-electron chi connectivity index (χ2n) is 1.87. The number of rotatable bonds is 2. The molecule has 0 aliphatic heterocycles. The van der Waals surface area contributed by atoms with Gasteiger partial charge in [0.1, 0.15) is 0 Å². The van der Waals surface area contributed by atoms with Crippen molar-refractivity contribution in [1.82, 2.24) is 0 Å². The van der Waals surface area contributed by atoms with E-state index in [0.29, 0.717) is 0 Å². The van der Waals surface area contributed by atoms with Gasteiger partial charge in [0.2, 0.25) is 0 Å². The van der Waals surface area contributed by atoms with Crippen molar-refractivity contribution in [3.05, 3.63) is 24.3 Å². The molecule has 0 bridgehead atoms. The van der Waals surface area contributed by atoms with Crippen LogP contribution in [0.25, 0.3) is 0 Å². The Hall–Kier alpha value is -0.971. The molecule has 0 radical (unpaired) electrons. The predicted octanol–water partition coefficient (Wildman–Crippen LogP) is 0.506. The van der Waals surface area contributed by atoms with Crippen molar-refractivity contribution < 1.29 is 4.74 Å². The van der Waals surface area contributed by atoms with E-state index in [2.05, 4.69) is 4.97 Å². The minimum atomic E-state index is -0.0493. The van der Waals surface area contributed by atoms with Gasteiger partial charge in [-0.2, -0.15) is 0 Å². The average Bonchev–Trinajstić information content (AvgIpc) is 2.07. The van der Waals surface area contributed by atoms with Crippen molar-refractivity contribution in [2.75, 3.05) is 7.11 Å². The fourth-order valence-corrected chi connectivity index (χ4v) is 1.49. The third-order valence-electron chi connectivity index (χ3n) is 1.22. The summed E-state index contributed by atoms with van der Waals surface area (Å²) in [6.07, 6.45) is 0. The third kappa shape index (κ3) is 2.27. The van der Waals surface area contributed by atoms with Gasteiger partial charge in [0, 0.05) is 0 Å². The molecule has 0 saturated heterocycles. The third-order valence-corrected chi connectivity index (χ3v) is 2.48. The molecule has 56 valence electrons. The van der Waals surface area contributed by atoms with Crippen LogP contribution in [-0.4, -0.2) is 22.1 Å². The quantitative estimate of drug-likeness (QED) is 0.669. The van der Waals surface area contributed by atoms with E-state index in [1.54, 1.807) is 7.11 Å². The average molecular weight is 212 g/mol. The molecular weight excluding hydrogens is 205 g/mol. The zero-order valence-electron chi connectivity index (χ0n) is 6.07. The summed E-state index contributed by atoms with van der Waals surface area (Å²) in [5, 5.41) is 8.39. The van der Waals surface area contributed by atoms with Gasteiger partial charge in [0.15, 0.2) is 0 Å². The Morgan fingerprint density at radius 1 is 1.36 bits per heavy atom. The van der Waals surface area contributed by atoms with Gasteiger partial charge in [-0.1, -0.05) is 0 Å². The van der Waals surface area contributed by atoms with E-state index >= 15 is 0 Å². The van der Waals surface area contributed by atoms with Crippen LogP contribution in [0.2, 0.25) is 0 Å². The first-order valence-electron chi connectivity index (χ1n) is 3.07. The van der Waals surface area contributed by atoms with Crippen LogP contribution < -0.4 is 9.20 Å². The number of benzene rings is 1. The van der Waals surface area contributed by atoms with Crippen LogP contribution in [0, 0.1) is 10.2 Å². The molecule has 0 saturated carbocycles. The van der Waals surface area contributed by atoms with E-state index < -0.39 is 0 Å². The minimum absolute atomic E-state index is 0.0493. The summed E-state index contributed by atoms with van der Waals surface area (Å²) in [6.45, 7) is 0. The Morgan fingerprint density at radius 3 is 2.45 bits per heavy atom. The Labute approximate surface area is 71.9 Å². The maximum atomic E-state index is 8.39. The maximum absolute atomic E-state index is 8.39. The Kier molecular flexibility index (Phi) is 2.97. The number of methoxy groups -OCH3 is 1. The van der Waals surface area contributed by atoms with Crippen LogP contribution in [0.3, 0.4) is 0 Å². The molecule has 3 heteroatoms. The van der Waals surface area contributed by atoms with E-state index in [1.165, 1.54) is 0 Å². The Balaban J connectivity index is 2.76. The summed E-state index contributed by atoms with van der Waals surface area (Å²) in [5.41, 5.74) is 0. The molecule has 0 fully saturated rings. The van der Waals surface area contributed by atoms with Crippen LogP contribution in [0.5, 0.6) is 5.75 Å². The van der Waals surface area contributed by atoms with Crippen molar-refractivity contribution in [3.8, 4) is 10.7 Å². The van der Waals surface area contributed by atoms with Crippen molar-refractivity contribution in [2.45, 2.75) is 0 Å². The SMILES string of the molecule is COc1ccc([Se]C#N)cc1. The summed E-state index contributed by atoms with van der Waals surface area (Å²) in [4.78, 5) is 2.14. The fraction of sp³-hybridized carbons (Fsp3) is 0.125. The molecule has 1 aromatic rings. The first-order valence-corrected chi connectivity index (χ1v) is 4.78. The summed E-state index contributed by atoms with van der Waals surface area (Å²) >= 11 is -0.0493. The molecule has 0 aromatic heterocycles. The molecule has 0 aliphatic rings. The molecule has 11 heavy (non-hydrogen) atoms. The molecule has 0 unspecified atom stereocenters. The van der Waals surface area contributed by atoms with E-state index in [9.17, 15) is 0 Å². The first kappa shape index (κ1) is 8.13. The first-order chi connectivity index (χ1) is 5.36. The molecular formula is C8H7NOSe. The van der Waals surface area contributed by atoms with Crippen LogP contribution >= 0.6 is 0 Å². The van der Waals surface area contributed by atoms with Crippen molar-refractivity contribution in [1.29, 1.82) is 5.26 Å². The Morgan fingerprint density at radius 2 is 2.00 bits per heavy atom. The second kappa shape index (κ2) is 4.02. The molecule has 0 amide bonds. The topological polar surface area (TPSA) is 33.0 Å². The van der Waals surface area contributed by atoms with Crippen LogP contribution in [0.4, 0.5) is 0 Å². The van der Waals surface area contributed by atoms with Crippen LogP contribution in [0.15, 0.2) is 24.3 Å². The van der Waals surface area contributed by atoms with E-state index in [4.69, 9.17) is 10.00 Å². The summed E-state index contributed by atoms with van der Waals surface area (Å²) < 4.78 is 6.06. The molecule has 1 rings (SSSR count). The van der Waals surface area contributed by atoms with Gasteiger partial charge in [-0.3, -0.25) is 0 Å². The van der Waals surface area contributed by atoms with Gasteiger partial charge >= 0.3 is 71.5 Å². The van der Waals surface area contributed by atoms with E-state index in [1.807, 2.05) is 24.3 Å². The predicted molar refractivity (Wildman–Crippen MR) is 44.0 cm³/mol. The monoisotopic (exact) mass is 213 g/mol. The van der Waals surface area contributed by atoms with Gasteiger partial charge in [-0.15, -0.1) is 0 Å². The molecule has 0 N–H and O–H groups in total. The summed E-state index contributed by atoms with van der Waals surface area (Å²) in [6, 6.07) is 7.58. The van der Waals surface area contributed by atoms with Gasteiger partial charge in [0.05, 0.1) is 0 Å². The number of ether oxygens (including phenoxy) is 1. The molecule has 0 atom stereocenters.